The number of para-hydroxylation sites is 3. The number of carboxylic acids is 1. The normalized spacial score (nSPS) is 11.9. The number of hydrogen-bond donors (Lipinski definition) is 0. The fourth-order valence-electron chi connectivity index (χ4n) is 2.22. The van der Waals surface area contributed by atoms with Crippen molar-refractivity contribution in [2.75, 3.05) is 0 Å². The van der Waals surface area contributed by atoms with Gasteiger partial charge in [0.2, 0.25) is 0 Å². The molecule has 1 heterocycles. The van der Waals surface area contributed by atoms with E-state index in [9.17, 15) is 9.90 Å². The molecule has 6 heteroatoms. The standard InChI is InChI=1S/C19H17NO4S/c1-12(2)23-15-9-5-3-7-13(15)11-17(18(21)22)25-19-20-14-8-4-6-10-16(14)24-19/h3-12H,1-2H3,(H,21,22)/p-1/b17-11-. The van der Waals surface area contributed by atoms with Crippen LogP contribution in [0.2, 0.25) is 0 Å². The molecule has 5 nitrogen and oxygen atoms in total. The van der Waals surface area contributed by atoms with Crippen molar-refractivity contribution in [3.63, 3.8) is 0 Å². The zero-order valence-corrected chi connectivity index (χ0v) is 14.6. The minimum atomic E-state index is -1.30. The Morgan fingerprint density at radius 3 is 2.64 bits per heavy atom. The Morgan fingerprint density at radius 2 is 1.92 bits per heavy atom. The predicted molar refractivity (Wildman–Crippen MR) is 95.1 cm³/mol. The second-order valence-electron chi connectivity index (χ2n) is 5.55. The highest BCUT2D eigenvalue weighted by Crippen LogP contribution is 2.32. The van der Waals surface area contributed by atoms with Crippen molar-refractivity contribution in [3.8, 4) is 5.75 Å². The van der Waals surface area contributed by atoms with Gasteiger partial charge in [0.25, 0.3) is 5.22 Å². The van der Waals surface area contributed by atoms with Gasteiger partial charge in [0.05, 0.1) is 12.1 Å². The van der Waals surface area contributed by atoms with Gasteiger partial charge in [-0.25, -0.2) is 4.98 Å². The predicted octanol–water partition coefficient (Wildman–Crippen LogP) is 3.50. The van der Waals surface area contributed by atoms with Crippen molar-refractivity contribution in [2.45, 2.75) is 25.2 Å². The van der Waals surface area contributed by atoms with E-state index in [1.165, 1.54) is 6.08 Å². The highest BCUT2D eigenvalue weighted by molar-refractivity contribution is 8.03. The first-order valence-corrected chi connectivity index (χ1v) is 8.57. The van der Waals surface area contributed by atoms with Gasteiger partial charge in [0, 0.05) is 10.5 Å². The van der Waals surface area contributed by atoms with Crippen LogP contribution in [0.15, 0.2) is 63.1 Å². The number of benzene rings is 2. The summed E-state index contributed by atoms with van der Waals surface area (Å²) in [7, 11) is 0. The Balaban J connectivity index is 1.93. The first kappa shape index (κ1) is 17.1. The summed E-state index contributed by atoms with van der Waals surface area (Å²) < 4.78 is 11.3. The van der Waals surface area contributed by atoms with Crippen LogP contribution in [0.1, 0.15) is 19.4 Å². The summed E-state index contributed by atoms with van der Waals surface area (Å²) in [6, 6.07) is 14.5. The molecule has 0 aliphatic heterocycles. The van der Waals surface area contributed by atoms with Crippen molar-refractivity contribution in [3.05, 3.63) is 59.0 Å². The number of carbonyl (C=O) groups is 1. The fraction of sp³-hybridized carbons (Fsp3) is 0.158. The lowest BCUT2D eigenvalue weighted by Crippen LogP contribution is -2.23. The average Bonchev–Trinajstić information content (AvgIpc) is 2.97. The molecule has 0 N–H and O–H groups in total. The number of nitrogens with zero attached hydrogens (tertiary/aromatic N) is 1. The number of aliphatic carboxylic acids is 1. The number of carbonyl (C=O) groups excluding carboxylic acids is 1. The molecule has 2 aromatic carbocycles. The maximum absolute atomic E-state index is 11.5. The molecule has 0 spiro atoms. The Bertz CT molecular complexity index is 897. The molecule has 0 bridgehead atoms. The van der Waals surface area contributed by atoms with E-state index >= 15 is 0 Å². The second-order valence-corrected chi connectivity index (χ2v) is 6.54. The van der Waals surface area contributed by atoms with Crippen LogP contribution in [0, 0.1) is 0 Å². The first-order chi connectivity index (χ1) is 12.0. The SMILES string of the molecule is CC(C)Oc1ccccc1/C=C(\Sc1nc2ccccc2o1)C(=O)[O-]. The largest absolute Gasteiger partial charge is 0.544 e. The van der Waals surface area contributed by atoms with Gasteiger partial charge in [-0.05, 0) is 49.9 Å². The topological polar surface area (TPSA) is 75.4 Å². The van der Waals surface area contributed by atoms with E-state index in [0.717, 1.165) is 11.8 Å². The molecule has 0 saturated carbocycles. The third-order valence-corrected chi connectivity index (χ3v) is 4.09. The van der Waals surface area contributed by atoms with E-state index in [0.29, 0.717) is 22.4 Å². The molecule has 128 valence electrons. The van der Waals surface area contributed by atoms with E-state index in [4.69, 9.17) is 9.15 Å². The highest BCUT2D eigenvalue weighted by Gasteiger charge is 2.11. The zero-order valence-electron chi connectivity index (χ0n) is 13.8. The third-order valence-electron chi connectivity index (χ3n) is 3.24. The maximum Gasteiger partial charge on any atom is 0.261 e. The summed E-state index contributed by atoms with van der Waals surface area (Å²) in [6.07, 6.45) is 1.48. The van der Waals surface area contributed by atoms with Gasteiger partial charge >= 0.3 is 0 Å². The van der Waals surface area contributed by atoms with Gasteiger partial charge in [-0.15, -0.1) is 0 Å². The first-order valence-electron chi connectivity index (χ1n) is 7.75. The Kier molecular flexibility index (Phi) is 5.09. The lowest BCUT2D eigenvalue weighted by Gasteiger charge is -2.13. The molecule has 0 unspecified atom stereocenters. The molecule has 25 heavy (non-hydrogen) atoms. The van der Waals surface area contributed by atoms with Crippen LogP contribution in [-0.4, -0.2) is 17.1 Å². The van der Waals surface area contributed by atoms with Crippen LogP contribution >= 0.6 is 11.8 Å². The molecule has 0 atom stereocenters. The number of hydrogen-bond acceptors (Lipinski definition) is 6. The number of carboxylic acid groups (broad SMARTS) is 1. The fourth-order valence-corrected chi connectivity index (χ4v) is 2.95. The van der Waals surface area contributed by atoms with E-state index in [1.54, 1.807) is 24.3 Å². The van der Waals surface area contributed by atoms with E-state index in [2.05, 4.69) is 4.98 Å². The third kappa shape index (κ3) is 4.22. The number of oxazole rings is 1. The Labute approximate surface area is 149 Å². The molecular weight excluding hydrogens is 338 g/mol. The molecule has 1 aromatic heterocycles. The maximum atomic E-state index is 11.5. The summed E-state index contributed by atoms with van der Waals surface area (Å²) >= 11 is 0.911. The van der Waals surface area contributed by atoms with Crippen LogP contribution < -0.4 is 9.84 Å². The molecule has 3 rings (SSSR count). The molecule has 0 aliphatic rings. The molecule has 0 fully saturated rings. The average molecular weight is 354 g/mol. The summed E-state index contributed by atoms with van der Waals surface area (Å²) in [5.41, 5.74) is 1.93. The van der Waals surface area contributed by atoms with Gasteiger partial charge in [0.15, 0.2) is 5.58 Å². The monoisotopic (exact) mass is 354 g/mol. The second kappa shape index (κ2) is 7.44. The van der Waals surface area contributed by atoms with Gasteiger partial charge in [-0.3, -0.25) is 0 Å². The lowest BCUT2D eigenvalue weighted by molar-refractivity contribution is -0.298. The molecule has 0 aliphatic carbocycles. The van der Waals surface area contributed by atoms with Crippen molar-refractivity contribution < 1.29 is 19.1 Å². The summed E-state index contributed by atoms with van der Waals surface area (Å²) in [5.74, 6) is -0.693. The quantitative estimate of drug-likeness (QED) is 0.498. The van der Waals surface area contributed by atoms with Crippen molar-refractivity contribution >= 4 is 34.9 Å². The number of rotatable bonds is 6. The zero-order chi connectivity index (χ0) is 17.8. The number of aromatic nitrogens is 1. The minimum Gasteiger partial charge on any atom is -0.544 e. The van der Waals surface area contributed by atoms with Gasteiger partial charge in [-0.2, -0.15) is 0 Å². The van der Waals surface area contributed by atoms with Crippen LogP contribution in [0.5, 0.6) is 5.75 Å². The van der Waals surface area contributed by atoms with Gasteiger partial charge in [0.1, 0.15) is 11.3 Å². The molecule has 0 radical (unpaired) electrons. The number of fused-ring (bicyclic) bond motifs is 1. The number of thioether (sulfide) groups is 1. The van der Waals surface area contributed by atoms with E-state index < -0.39 is 5.97 Å². The van der Waals surface area contributed by atoms with E-state index in [-0.39, 0.29) is 16.2 Å². The van der Waals surface area contributed by atoms with Gasteiger partial charge < -0.3 is 19.1 Å². The molecule has 0 saturated heterocycles. The van der Waals surface area contributed by atoms with Crippen LogP contribution in [0.4, 0.5) is 0 Å². The number of ether oxygens (including phenoxy) is 1. The lowest BCUT2D eigenvalue weighted by atomic mass is 10.2. The summed E-state index contributed by atoms with van der Waals surface area (Å²) in [5, 5.41) is 11.8. The molecule has 0 amide bonds. The van der Waals surface area contributed by atoms with Crippen LogP contribution in [0.25, 0.3) is 17.2 Å². The molecular formula is C19H16NO4S-. The molecule has 3 aromatic rings. The highest BCUT2D eigenvalue weighted by atomic mass is 32.2. The van der Waals surface area contributed by atoms with Crippen LogP contribution in [-0.2, 0) is 4.79 Å². The van der Waals surface area contributed by atoms with Crippen molar-refractivity contribution in [1.82, 2.24) is 4.98 Å². The minimum absolute atomic E-state index is 0.00800. The Hall–Kier alpha value is -2.73. The van der Waals surface area contributed by atoms with E-state index in [1.807, 2.05) is 38.1 Å². The smallest absolute Gasteiger partial charge is 0.261 e. The van der Waals surface area contributed by atoms with Crippen LogP contribution in [0.3, 0.4) is 0 Å². The summed E-state index contributed by atoms with van der Waals surface area (Å²) in [6.45, 7) is 3.82. The van der Waals surface area contributed by atoms with Crippen molar-refractivity contribution in [2.24, 2.45) is 0 Å². The van der Waals surface area contributed by atoms with Crippen molar-refractivity contribution in [1.29, 1.82) is 0 Å². The van der Waals surface area contributed by atoms with Gasteiger partial charge in [-0.1, -0.05) is 30.3 Å². The Morgan fingerprint density at radius 1 is 1.20 bits per heavy atom. The summed E-state index contributed by atoms with van der Waals surface area (Å²) in [4.78, 5) is 15.8.